The number of carbonyl (C=O) groups excluding carboxylic acids is 1. The first kappa shape index (κ1) is 19.8. The Kier molecular flexibility index (Phi) is 4.61. The summed E-state index contributed by atoms with van der Waals surface area (Å²) in [4.78, 5) is 16.6. The van der Waals surface area contributed by atoms with Crippen molar-refractivity contribution in [3.8, 4) is 11.3 Å². The third kappa shape index (κ3) is 3.30. The van der Waals surface area contributed by atoms with Gasteiger partial charge in [-0.25, -0.2) is 4.39 Å². The fourth-order valence-corrected chi connectivity index (χ4v) is 4.77. The highest BCUT2D eigenvalue weighted by atomic mass is 19.1. The number of hydrogen-bond donors (Lipinski definition) is 1. The van der Waals surface area contributed by atoms with Gasteiger partial charge >= 0.3 is 0 Å². The minimum absolute atomic E-state index is 0.247. The number of pyridine rings is 1. The van der Waals surface area contributed by atoms with Crippen molar-refractivity contribution in [3.05, 3.63) is 71.3 Å². The van der Waals surface area contributed by atoms with Crippen molar-refractivity contribution in [2.45, 2.75) is 50.4 Å². The van der Waals surface area contributed by atoms with E-state index in [-0.39, 0.29) is 17.0 Å². The van der Waals surface area contributed by atoms with E-state index in [0.29, 0.717) is 24.5 Å². The summed E-state index contributed by atoms with van der Waals surface area (Å²) in [6.07, 6.45) is 5.00. The third-order valence-electron chi connectivity index (χ3n) is 6.97. The molecule has 0 amide bonds. The van der Waals surface area contributed by atoms with Crippen LogP contribution in [0.5, 0.6) is 0 Å². The van der Waals surface area contributed by atoms with Crippen molar-refractivity contribution in [2.24, 2.45) is 0 Å². The number of nitrogens with one attached hydrogen (secondary N) is 1. The van der Waals surface area contributed by atoms with Crippen molar-refractivity contribution >= 4 is 11.6 Å². The number of rotatable bonds is 5. The van der Waals surface area contributed by atoms with Gasteiger partial charge in [-0.1, -0.05) is 18.6 Å². The first-order valence-corrected chi connectivity index (χ1v) is 10.7. The number of benzene rings is 1. The summed E-state index contributed by atoms with van der Waals surface area (Å²) < 4.78 is 14.3. The van der Waals surface area contributed by atoms with Gasteiger partial charge in [0, 0.05) is 35.6 Å². The van der Waals surface area contributed by atoms with Crippen LogP contribution in [0.25, 0.3) is 11.3 Å². The smallest absolute Gasteiger partial charge is 0.148 e. The Morgan fingerprint density at radius 2 is 1.94 bits per heavy atom. The average molecular weight is 417 g/mol. The largest absolute Gasteiger partial charge is 0.368 e. The number of aromatic nitrogens is 3. The summed E-state index contributed by atoms with van der Waals surface area (Å²) >= 11 is 0. The zero-order chi connectivity index (χ0) is 21.6. The van der Waals surface area contributed by atoms with E-state index in [1.165, 1.54) is 6.07 Å². The van der Waals surface area contributed by atoms with Crippen LogP contribution in [-0.2, 0) is 22.0 Å². The van der Waals surface area contributed by atoms with Crippen molar-refractivity contribution < 1.29 is 9.18 Å². The molecule has 3 aromatic rings. The highest BCUT2D eigenvalue weighted by molar-refractivity contribution is 5.96. The Bertz CT molecular complexity index is 1150. The summed E-state index contributed by atoms with van der Waals surface area (Å²) in [5, 5.41) is 12.0. The number of nitrogens with zero attached hydrogens (tertiary/aromatic N) is 3. The van der Waals surface area contributed by atoms with Gasteiger partial charge in [0.1, 0.15) is 17.4 Å². The predicted octanol–water partition coefficient (Wildman–Crippen LogP) is 4.61. The first-order chi connectivity index (χ1) is 14.9. The van der Waals surface area contributed by atoms with E-state index < -0.39 is 5.41 Å². The van der Waals surface area contributed by atoms with Gasteiger partial charge in [0.2, 0.25) is 0 Å². The zero-order valence-corrected chi connectivity index (χ0v) is 17.8. The van der Waals surface area contributed by atoms with E-state index >= 15 is 0 Å². The van der Waals surface area contributed by atoms with Gasteiger partial charge in [-0.3, -0.25) is 9.78 Å². The van der Waals surface area contributed by atoms with Crippen LogP contribution in [0.1, 0.15) is 49.9 Å². The predicted molar refractivity (Wildman–Crippen MR) is 117 cm³/mol. The fourth-order valence-electron chi connectivity index (χ4n) is 4.77. The summed E-state index contributed by atoms with van der Waals surface area (Å²) in [5.74, 6) is 0.659. The molecule has 0 unspecified atom stereocenters. The molecule has 0 radical (unpaired) electrons. The van der Waals surface area contributed by atoms with Crippen LogP contribution in [-0.4, -0.2) is 27.5 Å². The van der Waals surface area contributed by atoms with Gasteiger partial charge in [-0.15, -0.1) is 10.2 Å². The van der Waals surface area contributed by atoms with Crippen molar-refractivity contribution in [3.63, 3.8) is 0 Å². The molecule has 0 saturated heterocycles. The van der Waals surface area contributed by atoms with Crippen LogP contribution >= 0.6 is 0 Å². The van der Waals surface area contributed by atoms with Gasteiger partial charge in [0.25, 0.3) is 0 Å². The Labute approximate surface area is 181 Å². The molecule has 2 aromatic heterocycles. The number of anilines is 1. The highest BCUT2D eigenvalue weighted by Crippen LogP contribution is 2.43. The number of hydrogen-bond acceptors (Lipinski definition) is 5. The van der Waals surface area contributed by atoms with Crippen molar-refractivity contribution in [1.29, 1.82) is 0 Å². The molecule has 0 atom stereocenters. The molecule has 1 aromatic carbocycles. The van der Waals surface area contributed by atoms with Crippen LogP contribution in [0, 0.1) is 5.82 Å². The maximum Gasteiger partial charge on any atom is 0.148 e. The topological polar surface area (TPSA) is 67.8 Å². The number of halogens is 1. The molecule has 0 aliphatic heterocycles. The van der Waals surface area contributed by atoms with E-state index in [2.05, 4.69) is 20.5 Å². The number of Topliss-reactive ketones (excluding diaryl/α,β-unsaturated/α-hetero) is 1. The molecule has 158 valence electrons. The van der Waals surface area contributed by atoms with Crippen LogP contribution < -0.4 is 5.32 Å². The van der Waals surface area contributed by atoms with Gasteiger partial charge < -0.3 is 5.32 Å². The molecule has 5 nitrogen and oxygen atoms in total. The maximum absolute atomic E-state index is 14.3. The van der Waals surface area contributed by atoms with Gasteiger partial charge in [0.15, 0.2) is 0 Å². The maximum atomic E-state index is 14.3. The van der Waals surface area contributed by atoms with E-state index in [4.69, 9.17) is 0 Å². The molecule has 2 heterocycles. The lowest BCUT2D eigenvalue weighted by Crippen LogP contribution is -2.42. The lowest BCUT2D eigenvalue weighted by Gasteiger charge is -2.41. The molecule has 1 saturated carbocycles. The highest BCUT2D eigenvalue weighted by Gasteiger charge is 2.42. The lowest BCUT2D eigenvalue weighted by atomic mass is 9.66. The molecule has 2 aliphatic rings. The first-order valence-electron chi connectivity index (χ1n) is 10.7. The molecule has 1 fully saturated rings. The van der Waals surface area contributed by atoms with Crippen LogP contribution in [0.3, 0.4) is 0 Å². The Morgan fingerprint density at radius 3 is 2.61 bits per heavy atom. The molecule has 31 heavy (non-hydrogen) atoms. The van der Waals surface area contributed by atoms with Gasteiger partial charge in [-0.2, -0.15) is 0 Å². The molecule has 2 aliphatic carbocycles. The van der Waals surface area contributed by atoms with Gasteiger partial charge in [0.05, 0.1) is 11.4 Å². The molecule has 6 heteroatoms. The Balaban J connectivity index is 1.32. The molecule has 0 bridgehead atoms. The lowest BCUT2D eigenvalue weighted by molar-refractivity contribution is -0.121. The third-order valence-corrected chi connectivity index (χ3v) is 6.97. The quantitative estimate of drug-likeness (QED) is 0.658. The van der Waals surface area contributed by atoms with Gasteiger partial charge in [-0.05, 0) is 68.1 Å². The van der Waals surface area contributed by atoms with Crippen LogP contribution in [0.2, 0.25) is 0 Å². The van der Waals surface area contributed by atoms with E-state index in [1.54, 1.807) is 12.3 Å². The normalized spacial score (nSPS) is 18.4. The number of ketones is 1. The monoisotopic (exact) mass is 416 g/mol. The van der Waals surface area contributed by atoms with Crippen LogP contribution in [0.4, 0.5) is 10.2 Å². The second kappa shape index (κ2) is 7.22. The molecule has 5 rings (SSSR count). The number of fused-ring (bicyclic) bond motifs is 1. The SMILES string of the molecule is CC1(C)C(=O)Cc2cc(-c3ccc(NCC4(c5ncccc5F)CCC4)nn3)ccc21. The molecule has 0 spiro atoms. The summed E-state index contributed by atoms with van der Waals surface area (Å²) in [7, 11) is 0. The van der Waals surface area contributed by atoms with Crippen molar-refractivity contribution in [2.75, 3.05) is 11.9 Å². The standard InChI is InChI=1S/C25H25FN4O/c1-24(2)18-7-6-16(13-17(18)14-21(24)31)20-8-9-22(30-29-20)28-15-25(10-4-11-25)23-19(26)5-3-12-27-23/h3,5-9,12-13H,4,10-11,14-15H2,1-2H3,(H,28,30). The van der Waals surface area contributed by atoms with Crippen LogP contribution in [0.15, 0.2) is 48.7 Å². The fraction of sp³-hybridized carbons (Fsp3) is 0.360. The van der Waals surface area contributed by atoms with E-state index in [1.807, 2.05) is 44.2 Å². The molecule has 1 N–H and O–H groups in total. The molecular formula is C25H25FN4O. The summed E-state index contributed by atoms with van der Waals surface area (Å²) in [6, 6.07) is 13.0. The van der Waals surface area contributed by atoms with E-state index in [0.717, 1.165) is 41.6 Å². The number of carbonyl (C=O) groups is 1. The average Bonchev–Trinajstić information content (AvgIpc) is 2.97. The Hall–Kier alpha value is -3.15. The minimum Gasteiger partial charge on any atom is -0.368 e. The zero-order valence-electron chi connectivity index (χ0n) is 17.8. The molecular weight excluding hydrogens is 391 g/mol. The van der Waals surface area contributed by atoms with Crippen molar-refractivity contribution in [1.82, 2.24) is 15.2 Å². The summed E-state index contributed by atoms with van der Waals surface area (Å²) in [6.45, 7) is 4.53. The Morgan fingerprint density at radius 1 is 1.10 bits per heavy atom. The second-order valence-corrected chi connectivity index (χ2v) is 9.22. The second-order valence-electron chi connectivity index (χ2n) is 9.22. The minimum atomic E-state index is -0.419. The summed E-state index contributed by atoms with van der Waals surface area (Å²) in [5.41, 5.74) is 3.71. The van der Waals surface area contributed by atoms with E-state index in [9.17, 15) is 9.18 Å².